The lowest BCUT2D eigenvalue weighted by Crippen LogP contribution is -2.50. The second kappa shape index (κ2) is 6.95. The number of amides is 1. The number of hydrogen-bond donors (Lipinski definition) is 1. The van der Waals surface area contributed by atoms with Crippen LogP contribution in [0.3, 0.4) is 0 Å². The van der Waals surface area contributed by atoms with Gasteiger partial charge in [-0.25, -0.2) is 4.79 Å². The van der Waals surface area contributed by atoms with Gasteiger partial charge in [0.05, 0.1) is 25.3 Å². The number of rotatable bonds is 4. The lowest BCUT2D eigenvalue weighted by Gasteiger charge is -2.38. The smallest absolute Gasteiger partial charge is 0.411 e. The molecule has 1 N–H and O–H groups in total. The molecule has 0 aromatic heterocycles. The monoisotopic (exact) mass is 343 g/mol. The molecule has 0 saturated heterocycles. The van der Waals surface area contributed by atoms with Crippen LogP contribution in [0, 0.1) is 0 Å². The van der Waals surface area contributed by atoms with E-state index in [1.807, 2.05) is 32.9 Å². The number of hydrogen-bond acceptors (Lipinski definition) is 4. The Morgan fingerprint density at radius 1 is 1.13 bits per heavy atom. The lowest BCUT2D eigenvalue weighted by atomic mass is 10.2. The highest BCUT2D eigenvalue weighted by Gasteiger charge is 2.40. The second-order valence-corrected chi connectivity index (χ2v) is 13.5. The van der Waals surface area contributed by atoms with E-state index in [1.54, 1.807) is 4.90 Å². The van der Waals surface area contributed by atoms with E-state index >= 15 is 0 Å². The molecule has 0 aromatic rings. The number of carbonyl (C=O) groups is 1. The molecule has 0 aromatic carbocycles. The highest BCUT2D eigenvalue weighted by molar-refractivity contribution is 6.74. The molecule has 0 bridgehead atoms. The Hall–Kier alpha value is -0.853. The Bertz CT molecular complexity index is 448. The van der Waals surface area contributed by atoms with Gasteiger partial charge in [0.15, 0.2) is 8.32 Å². The predicted molar refractivity (Wildman–Crippen MR) is 95.0 cm³/mol. The van der Waals surface area contributed by atoms with Crippen LogP contribution in [-0.4, -0.2) is 55.3 Å². The summed E-state index contributed by atoms with van der Waals surface area (Å²) >= 11 is 0. The van der Waals surface area contributed by atoms with Crippen LogP contribution in [0.2, 0.25) is 18.1 Å². The van der Waals surface area contributed by atoms with Crippen molar-refractivity contribution >= 4 is 14.4 Å². The van der Waals surface area contributed by atoms with Gasteiger partial charge >= 0.3 is 6.09 Å². The van der Waals surface area contributed by atoms with Crippen molar-refractivity contribution in [2.45, 2.75) is 77.4 Å². The summed E-state index contributed by atoms with van der Waals surface area (Å²) in [5.41, 5.74) is -0.565. The summed E-state index contributed by atoms with van der Waals surface area (Å²) in [6.45, 7) is 16.8. The van der Waals surface area contributed by atoms with Gasteiger partial charge in [0.25, 0.3) is 0 Å². The van der Waals surface area contributed by atoms with Crippen molar-refractivity contribution in [2.75, 3.05) is 13.2 Å². The van der Waals surface area contributed by atoms with E-state index in [4.69, 9.17) is 9.16 Å². The van der Waals surface area contributed by atoms with E-state index < -0.39 is 20.0 Å². The summed E-state index contributed by atoms with van der Waals surface area (Å²) in [7, 11) is -1.89. The fourth-order valence-electron chi connectivity index (χ4n) is 2.07. The maximum Gasteiger partial charge on any atom is 0.411 e. The Kier molecular flexibility index (Phi) is 6.10. The second-order valence-electron chi connectivity index (χ2n) is 8.66. The Balaban J connectivity index is 2.81. The fourth-order valence-corrected chi connectivity index (χ4v) is 3.09. The highest BCUT2D eigenvalue weighted by Crippen LogP contribution is 2.37. The molecule has 5 nitrogen and oxygen atoms in total. The Morgan fingerprint density at radius 2 is 1.65 bits per heavy atom. The van der Waals surface area contributed by atoms with E-state index in [2.05, 4.69) is 33.9 Å². The summed E-state index contributed by atoms with van der Waals surface area (Å²) in [5, 5.41) is 9.64. The first-order valence-electron chi connectivity index (χ1n) is 8.23. The van der Waals surface area contributed by atoms with Crippen LogP contribution in [0.5, 0.6) is 0 Å². The molecule has 1 aliphatic heterocycles. The minimum atomic E-state index is -1.89. The van der Waals surface area contributed by atoms with Gasteiger partial charge in [-0.3, -0.25) is 4.90 Å². The summed E-state index contributed by atoms with van der Waals surface area (Å²) in [6, 6.07) is -0.547. The maximum atomic E-state index is 12.5. The number of ether oxygens (including phenoxy) is 1. The summed E-state index contributed by atoms with van der Waals surface area (Å²) in [4.78, 5) is 14.1. The minimum Gasteiger partial charge on any atom is -0.444 e. The zero-order chi connectivity index (χ0) is 18.1. The average molecular weight is 344 g/mol. The van der Waals surface area contributed by atoms with Crippen molar-refractivity contribution < 1.29 is 19.1 Å². The molecular formula is C17H33NO4Si. The first-order chi connectivity index (χ1) is 10.3. The zero-order valence-electron chi connectivity index (χ0n) is 15.8. The van der Waals surface area contributed by atoms with Crippen molar-refractivity contribution in [1.29, 1.82) is 0 Å². The first kappa shape index (κ1) is 20.2. The molecule has 0 aliphatic carbocycles. The minimum absolute atomic E-state index is 0.114. The van der Waals surface area contributed by atoms with E-state index in [1.165, 1.54) is 0 Å². The summed E-state index contributed by atoms with van der Waals surface area (Å²) in [6.07, 6.45) is 3.37. The van der Waals surface area contributed by atoms with Crippen LogP contribution in [0.1, 0.15) is 41.5 Å². The maximum absolute atomic E-state index is 12.5. The number of aliphatic hydroxyl groups is 1. The molecule has 1 aliphatic rings. The van der Waals surface area contributed by atoms with Gasteiger partial charge in [0.2, 0.25) is 0 Å². The number of aliphatic hydroxyl groups excluding tert-OH is 1. The molecule has 1 amide bonds. The van der Waals surface area contributed by atoms with Gasteiger partial charge in [0, 0.05) is 0 Å². The van der Waals surface area contributed by atoms with Crippen molar-refractivity contribution in [3.8, 4) is 0 Å². The van der Waals surface area contributed by atoms with E-state index in [0.29, 0.717) is 6.61 Å². The van der Waals surface area contributed by atoms with Crippen LogP contribution in [-0.2, 0) is 9.16 Å². The van der Waals surface area contributed by atoms with E-state index in [-0.39, 0.29) is 23.7 Å². The molecule has 0 spiro atoms. The highest BCUT2D eigenvalue weighted by atomic mass is 28.4. The van der Waals surface area contributed by atoms with Gasteiger partial charge in [-0.15, -0.1) is 0 Å². The van der Waals surface area contributed by atoms with Gasteiger partial charge in [-0.2, -0.15) is 0 Å². The topological polar surface area (TPSA) is 59.0 Å². The van der Waals surface area contributed by atoms with Crippen molar-refractivity contribution in [1.82, 2.24) is 4.90 Å². The van der Waals surface area contributed by atoms with Crippen LogP contribution < -0.4 is 0 Å². The third-order valence-corrected chi connectivity index (χ3v) is 8.98. The SMILES string of the molecule is CC(C)(C)OC(=O)N1[C@@H](CO)C=C[C@@H]1CO[Si](C)(C)C(C)(C)C. The van der Waals surface area contributed by atoms with Crippen LogP contribution in [0.4, 0.5) is 4.79 Å². The lowest BCUT2D eigenvalue weighted by molar-refractivity contribution is 0.00693. The van der Waals surface area contributed by atoms with Gasteiger partial charge in [-0.05, 0) is 38.9 Å². The molecule has 134 valence electrons. The molecule has 1 heterocycles. The third-order valence-electron chi connectivity index (χ3n) is 4.48. The Labute approximate surface area is 141 Å². The molecule has 0 unspecified atom stereocenters. The first-order valence-corrected chi connectivity index (χ1v) is 11.1. The summed E-state index contributed by atoms with van der Waals surface area (Å²) < 4.78 is 11.7. The van der Waals surface area contributed by atoms with Crippen LogP contribution in [0.15, 0.2) is 12.2 Å². The fraction of sp³-hybridized carbons (Fsp3) is 0.824. The molecule has 2 atom stereocenters. The van der Waals surface area contributed by atoms with Crippen molar-refractivity contribution in [3.05, 3.63) is 12.2 Å². The van der Waals surface area contributed by atoms with E-state index in [9.17, 15) is 9.90 Å². The van der Waals surface area contributed by atoms with Gasteiger partial charge < -0.3 is 14.3 Å². The molecular weight excluding hydrogens is 310 g/mol. The molecule has 1 rings (SSSR count). The molecule has 0 radical (unpaired) electrons. The average Bonchev–Trinajstić information content (AvgIpc) is 2.75. The van der Waals surface area contributed by atoms with Crippen molar-refractivity contribution in [3.63, 3.8) is 0 Å². The number of carbonyl (C=O) groups excluding carboxylic acids is 1. The van der Waals surface area contributed by atoms with Crippen LogP contribution >= 0.6 is 0 Å². The van der Waals surface area contributed by atoms with Gasteiger partial charge in [0.1, 0.15) is 5.60 Å². The largest absolute Gasteiger partial charge is 0.444 e. The molecule has 0 fully saturated rings. The normalized spacial score (nSPS) is 22.6. The van der Waals surface area contributed by atoms with Crippen molar-refractivity contribution in [2.24, 2.45) is 0 Å². The quantitative estimate of drug-likeness (QED) is 0.626. The van der Waals surface area contributed by atoms with E-state index in [0.717, 1.165) is 0 Å². The standard InChI is InChI=1S/C17H33NO4Si/c1-16(2,3)22-15(20)18-13(11-19)9-10-14(18)12-21-23(7,8)17(4,5)6/h9-10,13-14,19H,11-12H2,1-8H3/t13-,14-/m1/s1. The summed E-state index contributed by atoms with van der Waals surface area (Å²) in [5.74, 6) is 0. The third kappa shape index (κ3) is 5.33. The van der Waals surface area contributed by atoms with Crippen LogP contribution in [0.25, 0.3) is 0 Å². The number of nitrogens with zero attached hydrogens (tertiary/aromatic N) is 1. The molecule has 6 heteroatoms. The van der Waals surface area contributed by atoms with Gasteiger partial charge in [-0.1, -0.05) is 32.9 Å². The zero-order valence-corrected chi connectivity index (χ0v) is 16.8. The molecule has 0 saturated carbocycles. The Morgan fingerprint density at radius 3 is 2.09 bits per heavy atom. The predicted octanol–water partition coefficient (Wildman–Crippen LogP) is 3.54. The molecule has 23 heavy (non-hydrogen) atoms.